The Morgan fingerprint density at radius 1 is 1.00 bits per heavy atom. The molecule has 0 unspecified atom stereocenters. The summed E-state index contributed by atoms with van der Waals surface area (Å²) in [5.74, 6) is 0. The van der Waals surface area contributed by atoms with Crippen molar-refractivity contribution in [3.63, 3.8) is 0 Å². The third kappa shape index (κ3) is 4.05. The summed E-state index contributed by atoms with van der Waals surface area (Å²) in [6.45, 7) is 5.66. The highest BCUT2D eigenvalue weighted by Crippen LogP contribution is 2.26. The minimum Gasteiger partial charge on any atom is -0.298 e. The Morgan fingerprint density at radius 2 is 1.72 bits per heavy atom. The summed E-state index contributed by atoms with van der Waals surface area (Å²) in [4.78, 5) is 14.1. The van der Waals surface area contributed by atoms with Crippen molar-refractivity contribution < 1.29 is 0 Å². The molecule has 0 bridgehead atoms. The Morgan fingerprint density at radius 3 is 2.40 bits per heavy atom. The van der Waals surface area contributed by atoms with Gasteiger partial charge in [-0.2, -0.15) is 0 Å². The second-order valence-corrected chi connectivity index (χ2v) is 7.85. The molecule has 1 aromatic carbocycles. The molecule has 0 spiro atoms. The Bertz CT molecular complexity index is 678. The fourth-order valence-electron chi connectivity index (χ4n) is 4.10. The van der Waals surface area contributed by atoms with Gasteiger partial charge in [0.1, 0.15) is 0 Å². The molecule has 1 aliphatic carbocycles. The number of thioether (sulfide) groups is 1. The maximum Gasteiger partial charge on any atom is 0.187 e. The number of aromatic nitrogens is 2. The lowest BCUT2D eigenvalue weighted by molar-refractivity contribution is 0.200. The van der Waals surface area contributed by atoms with Crippen LogP contribution in [0.2, 0.25) is 0 Å². The Balaban J connectivity index is 1.33. The third-order valence-corrected chi connectivity index (χ3v) is 6.02. The van der Waals surface area contributed by atoms with Gasteiger partial charge in [0.2, 0.25) is 0 Å². The molecule has 0 N–H and O–H groups in total. The molecule has 1 aliphatic heterocycles. The number of benzene rings is 1. The van der Waals surface area contributed by atoms with E-state index in [0.29, 0.717) is 6.04 Å². The molecule has 5 heteroatoms. The lowest BCUT2D eigenvalue weighted by Crippen LogP contribution is -2.38. The van der Waals surface area contributed by atoms with Crippen molar-refractivity contribution in [2.45, 2.75) is 37.0 Å². The van der Waals surface area contributed by atoms with Gasteiger partial charge in [-0.05, 0) is 49.7 Å². The van der Waals surface area contributed by atoms with Crippen LogP contribution in [-0.2, 0) is 19.4 Å². The van der Waals surface area contributed by atoms with Gasteiger partial charge in [0.15, 0.2) is 5.16 Å². The normalized spacial score (nSPS) is 19.7. The molecule has 2 aliphatic rings. The minimum atomic E-state index is 0.696. The van der Waals surface area contributed by atoms with Crippen LogP contribution in [0.5, 0.6) is 0 Å². The second-order valence-electron chi connectivity index (χ2n) is 7.07. The van der Waals surface area contributed by atoms with Crippen molar-refractivity contribution >= 4 is 11.8 Å². The van der Waals surface area contributed by atoms with E-state index in [4.69, 9.17) is 0 Å². The van der Waals surface area contributed by atoms with Crippen LogP contribution in [0.1, 0.15) is 23.1 Å². The molecular weight excluding hydrogens is 328 g/mol. The lowest BCUT2D eigenvalue weighted by Gasteiger charge is -2.27. The van der Waals surface area contributed by atoms with Gasteiger partial charge in [0.25, 0.3) is 0 Å². The van der Waals surface area contributed by atoms with Gasteiger partial charge >= 0.3 is 0 Å². The molecule has 0 atom stereocenters. The van der Waals surface area contributed by atoms with Gasteiger partial charge < -0.3 is 0 Å². The van der Waals surface area contributed by atoms with E-state index < -0.39 is 0 Å². The van der Waals surface area contributed by atoms with Gasteiger partial charge in [-0.3, -0.25) is 9.80 Å². The second kappa shape index (κ2) is 7.85. The van der Waals surface area contributed by atoms with Crippen LogP contribution in [0, 0.1) is 0 Å². The van der Waals surface area contributed by atoms with Crippen molar-refractivity contribution in [2.75, 3.05) is 32.4 Å². The van der Waals surface area contributed by atoms with E-state index >= 15 is 0 Å². The highest BCUT2D eigenvalue weighted by Gasteiger charge is 2.27. The van der Waals surface area contributed by atoms with Crippen LogP contribution < -0.4 is 0 Å². The monoisotopic (exact) mass is 354 g/mol. The summed E-state index contributed by atoms with van der Waals surface area (Å²) in [7, 11) is 0. The minimum absolute atomic E-state index is 0.696. The zero-order valence-electron chi connectivity index (χ0n) is 14.9. The molecule has 1 aromatic heterocycles. The number of nitrogens with zero attached hydrogens (tertiary/aromatic N) is 4. The van der Waals surface area contributed by atoms with E-state index in [0.717, 1.165) is 18.2 Å². The van der Waals surface area contributed by atoms with Crippen LogP contribution in [0.15, 0.2) is 41.8 Å². The molecule has 2 aromatic rings. The lowest BCUT2D eigenvalue weighted by atomic mass is 10.1. The summed E-state index contributed by atoms with van der Waals surface area (Å²) in [5.41, 5.74) is 4.33. The molecule has 25 heavy (non-hydrogen) atoms. The SMILES string of the molecule is CSc1ncc(CN2CCCN(C3Cc4ccccc4C3)CC2)cn1. The summed E-state index contributed by atoms with van der Waals surface area (Å²) in [6, 6.07) is 9.66. The van der Waals surface area contributed by atoms with Crippen molar-refractivity contribution in [3.05, 3.63) is 53.3 Å². The van der Waals surface area contributed by atoms with Crippen LogP contribution in [0.25, 0.3) is 0 Å². The summed E-state index contributed by atoms with van der Waals surface area (Å²) >= 11 is 1.59. The highest BCUT2D eigenvalue weighted by atomic mass is 32.2. The predicted molar refractivity (Wildman–Crippen MR) is 103 cm³/mol. The van der Waals surface area contributed by atoms with Gasteiger partial charge in [0.05, 0.1) is 0 Å². The number of fused-ring (bicyclic) bond motifs is 1. The predicted octanol–water partition coefficient (Wildman–Crippen LogP) is 2.87. The van der Waals surface area contributed by atoms with E-state index in [1.807, 2.05) is 18.6 Å². The van der Waals surface area contributed by atoms with Crippen molar-refractivity contribution in [1.29, 1.82) is 0 Å². The quantitative estimate of drug-likeness (QED) is 0.623. The first-order valence-corrected chi connectivity index (χ1v) is 10.4. The standard InChI is InChI=1S/C20H26N4S/c1-25-20-21-13-16(14-22-20)15-23-7-4-8-24(10-9-23)19-11-17-5-2-3-6-18(17)12-19/h2-3,5-6,13-14,19H,4,7-12,15H2,1H3. The molecule has 4 rings (SSSR count). The molecule has 1 saturated heterocycles. The fraction of sp³-hybridized carbons (Fsp3) is 0.500. The smallest absolute Gasteiger partial charge is 0.187 e. The van der Waals surface area contributed by atoms with Gasteiger partial charge in [-0.25, -0.2) is 9.97 Å². The fourth-order valence-corrected chi connectivity index (χ4v) is 4.41. The van der Waals surface area contributed by atoms with Crippen LogP contribution in [0.3, 0.4) is 0 Å². The average Bonchev–Trinajstić information content (AvgIpc) is 2.95. The van der Waals surface area contributed by atoms with Crippen LogP contribution in [0.4, 0.5) is 0 Å². The molecule has 0 amide bonds. The van der Waals surface area contributed by atoms with Crippen molar-refractivity contribution in [3.8, 4) is 0 Å². The summed E-state index contributed by atoms with van der Waals surface area (Å²) in [6.07, 6.45) is 9.67. The van der Waals surface area contributed by atoms with Crippen molar-refractivity contribution in [2.24, 2.45) is 0 Å². The van der Waals surface area contributed by atoms with E-state index in [9.17, 15) is 0 Å². The number of rotatable bonds is 4. The largest absolute Gasteiger partial charge is 0.298 e. The first kappa shape index (κ1) is 17.0. The number of hydrogen-bond acceptors (Lipinski definition) is 5. The maximum atomic E-state index is 4.40. The van der Waals surface area contributed by atoms with E-state index in [1.54, 1.807) is 22.9 Å². The van der Waals surface area contributed by atoms with Crippen LogP contribution in [-0.4, -0.2) is 58.2 Å². The Hall–Kier alpha value is -1.43. The molecule has 4 nitrogen and oxygen atoms in total. The van der Waals surface area contributed by atoms with E-state index in [-0.39, 0.29) is 0 Å². The first-order chi connectivity index (χ1) is 12.3. The Labute approximate surface area is 154 Å². The molecule has 2 heterocycles. The highest BCUT2D eigenvalue weighted by molar-refractivity contribution is 7.98. The summed E-state index contributed by atoms with van der Waals surface area (Å²) < 4.78 is 0. The Kier molecular flexibility index (Phi) is 5.34. The van der Waals surface area contributed by atoms with Gasteiger partial charge in [0, 0.05) is 43.6 Å². The average molecular weight is 355 g/mol. The molecule has 0 radical (unpaired) electrons. The maximum absolute atomic E-state index is 4.40. The van der Waals surface area contributed by atoms with Gasteiger partial charge in [-0.1, -0.05) is 36.0 Å². The van der Waals surface area contributed by atoms with Crippen molar-refractivity contribution in [1.82, 2.24) is 19.8 Å². The topological polar surface area (TPSA) is 32.3 Å². The summed E-state index contributed by atoms with van der Waals surface area (Å²) in [5, 5.41) is 0.853. The van der Waals surface area contributed by atoms with Crippen LogP contribution >= 0.6 is 11.8 Å². The zero-order chi connectivity index (χ0) is 17.1. The van der Waals surface area contributed by atoms with E-state index in [2.05, 4.69) is 44.0 Å². The zero-order valence-corrected chi connectivity index (χ0v) is 15.7. The molecule has 0 saturated carbocycles. The van der Waals surface area contributed by atoms with E-state index in [1.165, 1.54) is 44.5 Å². The molecule has 1 fully saturated rings. The number of hydrogen-bond donors (Lipinski definition) is 0. The van der Waals surface area contributed by atoms with Gasteiger partial charge in [-0.15, -0.1) is 0 Å². The first-order valence-electron chi connectivity index (χ1n) is 9.20. The third-order valence-electron chi connectivity index (χ3n) is 5.44. The molecule has 132 valence electrons. The molecular formula is C20H26N4S.